The molecule has 1 aromatic carbocycles. The fraction of sp³-hybridized carbons (Fsp3) is 0.150. The predicted octanol–water partition coefficient (Wildman–Crippen LogP) is 3.90. The smallest absolute Gasteiger partial charge is 0.275 e. The fourth-order valence-electron chi connectivity index (χ4n) is 3.11. The van der Waals surface area contributed by atoms with Crippen LogP contribution in [0, 0.1) is 13.8 Å². The maximum Gasteiger partial charge on any atom is 0.275 e. The lowest BCUT2D eigenvalue weighted by atomic mass is 10.2. The first-order valence-electron chi connectivity index (χ1n) is 9.14. The molecule has 0 radical (unpaired) electrons. The van der Waals surface area contributed by atoms with Crippen molar-refractivity contribution in [2.75, 3.05) is 0 Å². The zero-order valence-corrected chi connectivity index (χ0v) is 17.8. The molecular weight excluding hydrogens is 420 g/mol. The zero-order chi connectivity index (χ0) is 20.7. The number of fused-ring (bicyclic) bond motifs is 1. The number of nitrogens with zero attached hydrogens (tertiary/aromatic N) is 6. The third-order valence-corrected chi connectivity index (χ3v) is 6.52. The summed E-state index contributed by atoms with van der Waals surface area (Å²) in [6.45, 7) is 3.71. The SMILES string of the molecule is Cc1cc(=O)n2nc(CSc3nnc(-c4ccoc4C)n3-c3ccccc3)sc2n1. The number of hydrogen-bond donors (Lipinski definition) is 0. The van der Waals surface area contributed by atoms with Gasteiger partial charge in [-0.15, -0.1) is 10.2 Å². The quantitative estimate of drug-likeness (QED) is 0.386. The van der Waals surface area contributed by atoms with Crippen LogP contribution >= 0.6 is 23.1 Å². The van der Waals surface area contributed by atoms with Crippen molar-refractivity contribution < 1.29 is 4.42 Å². The van der Waals surface area contributed by atoms with Gasteiger partial charge in [-0.05, 0) is 32.0 Å². The van der Waals surface area contributed by atoms with Gasteiger partial charge >= 0.3 is 0 Å². The molecule has 0 fully saturated rings. The predicted molar refractivity (Wildman–Crippen MR) is 115 cm³/mol. The Labute approximate surface area is 179 Å². The van der Waals surface area contributed by atoms with Gasteiger partial charge in [-0.2, -0.15) is 9.61 Å². The van der Waals surface area contributed by atoms with E-state index in [4.69, 9.17) is 4.42 Å². The van der Waals surface area contributed by atoms with Crippen LogP contribution in [0.15, 0.2) is 63.1 Å². The summed E-state index contributed by atoms with van der Waals surface area (Å²) in [5.74, 6) is 2.04. The number of aryl methyl sites for hydroxylation is 2. The van der Waals surface area contributed by atoms with Gasteiger partial charge in [0.05, 0.1) is 17.6 Å². The lowest BCUT2D eigenvalue weighted by molar-refractivity contribution is 0.535. The third-order valence-electron chi connectivity index (χ3n) is 4.49. The normalized spacial score (nSPS) is 11.4. The molecule has 0 bridgehead atoms. The lowest BCUT2D eigenvalue weighted by Crippen LogP contribution is -2.14. The van der Waals surface area contributed by atoms with E-state index in [0.717, 1.165) is 27.2 Å². The first kappa shape index (κ1) is 18.8. The first-order valence-corrected chi connectivity index (χ1v) is 10.9. The van der Waals surface area contributed by atoms with Crippen LogP contribution < -0.4 is 5.56 Å². The van der Waals surface area contributed by atoms with E-state index in [0.29, 0.717) is 22.2 Å². The summed E-state index contributed by atoms with van der Waals surface area (Å²) < 4.78 is 8.81. The number of aromatic nitrogens is 6. The van der Waals surface area contributed by atoms with Crippen molar-refractivity contribution in [3.8, 4) is 17.1 Å². The Balaban J connectivity index is 1.52. The van der Waals surface area contributed by atoms with Crippen molar-refractivity contribution in [1.82, 2.24) is 29.4 Å². The van der Waals surface area contributed by atoms with Crippen LogP contribution in [0.5, 0.6) is 0 Å². The minimum absolute atomic E-state index is 0.171. The molecule has 4 heterocycles. The van der Waals surface area contributed by atoms with E-state index in [1.165, 1.54) is 33.7 Å². The second-order valence-electron chi connectivity index (χ2n) is 6.58. The van der Waals surface area contributed by atoms with E-state index < -0.39 is 0 Å². The highest BCUT2D eigenvalue weighted by Crippen LogP contribution is 2.32. The molecule has 10 heteroatoms. The number of thioether (sulfide) groups is 1. The van der Waals surface area contributed by atoms with E-state index >= 15 is 0 Å². The van der Waals surface area contributed by atoms with Gasteiger partial charge in [-0.3, -0.25) is 9.36 Å². The minimum Gasteiger partial charge on any atom is -0.469 e. The molecule has 8 nitrogen and oxygen atoms in total. The average molecular weight is 437 g/mol. The standard InChI is InChI=1S/C20H16N6O2S2/c1-12-10-17(27)26-19(21-12)30-16(24-26)11-29-20-23-22-18(15-8-9-28-13(15)2)25(20)14-6-4-3-5-7-14/h3-10H,11H2,1-2H3. The number of furan rings is 1. The average Bonchev–Trinajstić information content (AvgIpc) is 3.44. The Morgan fingerprint density at radius 3 is 2.73 bits per heavy atom. The van der Waals surface area contributed by atoms with Gasteiger partial charge in [-0.25, -0.2) is 4.98 Å². The molecular formula is C20H16N6O2S2. The molecule has 30 heavy (non-hydrogen) atoms. The maximum absolute atomic E-state index is 12.1. The zero-order valence-electron chi connectivity index (χ0n) is 16.1. The monoisotopic (exact) mass is 436 g/mol. The molecule has 0 aliphatic rings. The lowest BCUT2D eigenvalue weighted by Gasteiger charge is -2.09. The van der Waals surface area contributed by atoms with Crippen LogP contribution in [0.1, 0.15) is 16.5 Å². The Morgan fingerprint density at radius 2 is 1.97 bits per heavy atom. The Kier molecular flexibility index (Phi) is 4.72. The van der Waals surface area contributed by atoms with Gasteiger partial charge in [0.1, 0.15) is 10.8 Å². The second-order valence-corrected chi connectivity index (χ2v) is 8.57. The molecule has 0 saturated heterocycles. The van der Waals surface area contributed by atoms with E-state index in [1.807, 2.05) is 47.9 Å². The van der Waals surface area contributed by atoms with Crippen LogP contribution in [0.4, 0.5) is 0 Å². The highest BCUT2D eigenvalue weighted by Gasteiger charge is 2.19. The van der Waals surface area contributed by atoms with Crippen LogP contribution in [0.25, 0.3) is 22.0 Å². The van der Waals surface area contributed by atoms with Crippen LogP contribution in [0.3, 0.4) is 0 Å². The van der Waals surface area contributed by atoms with Crippen molar-refractivity contribution in [3.63, 3.8) is 0 Å². The van der Waals surface area contributed by atoms with E-state index in [9.17, 15) is 4.79 Å². The van der Waals surface area contributed by atoms with Gasteiger partial charge in [0.2, 0.25) is 4.96 Å². The van der Waals surface area contributed by atoms with Gasteiger partial charge < -0.3 is 4.42 Å². The molecule has 0 spiro atoms. The summed E-state index contributed by atoms with van der Waals surface area (Å²) in [4.78, 5) is 17.1. The minimum atomic E-state index is -0.171. The van der Waals surface area contributed by atoms with E-state index in [2.05, 4.69) is 20.3 Å². The Hall–Kier alpha value is -3.24. The Bertz CT molecular complexity index is 1400. The van der Waals surface area contributed by atoms with E-state index in [-0.39, 0.29) is 5.56 Å². The summed E-state index contributed by atoms with van der Waals surface area (Å²) in [7, 11) is 0. The number of benzene rings is 1. The maximum atomic E-state index is 12.1. The highest BCUT2D eigenvalue weighted by atomic mass is 32.2. The number of hydrogen-bond acceptors (Lipinski definition) is 8. The molecule has 0 aliphatic heterocycles. The second kappa shape index (κ2) is 7.54. The molecule has 0 N–H and O–H groups in total. The molecule has 0 aliphatic carbocycles. The molecule has 0 atom stereocenters. The van der Waals surface area contributed by atoms with E-state index in [1.54, 1.807) is 13.2 Å². The molecule has 0 saturated carbocycles. The molecule has 0 unspecified atom stereocenters. The van der Waals surface area contributed by atoms with Gasteiger partial charge in [0.25, 0.3) is 5.56 Å². The molecule has 0 amide bonds. The number of para-hydroxylation sites is 1. The van der Waals surface area contributed by atoms with Crippen LogP contribution in [0.2, 0.25) is 0 Å². The molecule has 4 aromatic heterocycles. The van der Waals surface area contributed by atoms with Gasteiger partial charge in [0, 0.05) is 17.4 Å². The van der Waals surface area contributed by atoms with Crippen LogP contribution in [-0.4, -0.2) is 29.4 Å². The number of rotatable bonds is 5. The molecule has 150 valence electrons. The summed E-state index contributed by atoms with van der Waals surface area (Å²) in [5, 5.41) is 14.8. The van der Waals surface area contributed by atoms with Gasteiger partial charge in [-0.1, -0.05) is 41.3 Å². The topological polar surface area (TPSA) is 91.1 Å². The van der Waals surface area contributed by atoms with Gasteiger partial charge in [0.15, 0.2) is 11.0 Å². The Morgan fingerprint density at radius 1 is 1.13 bits per heavy atom. The largest absolute Gasteiger partial charge is 0.469 e. The van der Waals surface area contributed by atoms with Crippen molar-refractivity contribution >= 4 is 28.1 Å². The summed E-state index contributed by atoms with van der Waals surface area (Å²) in [6, 6.07) is 13.3. The first-order chi connectivity index (χ1) is 14.6. The van der Waals surface area contributed by atoms with Crippen molar-refractivity contribution in [1.29, 1.82) is 0 Å². The van der Waals surface area contributed by atoms with Crippen molar-refractivity contribution in [2.45, 2.75) is 24.8 Å². The summed E-state index contributed by atoms with van der Waals surface area (Å²) >= 11 is 2.91. The summed E-state index contributed by atoms with van der Waals surface area (Å²) in [6.07, 6.45) is 1.65. The van der Waals surface area contributed by atoms with Crippen LogP contribution in [-0.2, 0) is 5.75 Å². The highest BCUT2D eigenvalue weighted by molar-refractivity contribution is 7.98. The molecule has 5 rings (SSSR count). The molecule has 5 aromatic rings. The van der Waals surface area contributed by atoms with Crippen molar-refractivity contribution in [3.05, 3.63) is 75.5 Å². The van der Waals surface area contributed by atoms with Crippen molar-refractivity contribution in [2.24, 2.45) is 0 Å². The summed E-state index contributed by atoms with van der Waals surface area (Å²) in [5.41, 5.74) is 2.37. The fourth-order valence-corrected chi connectivity index (χ4v) is 4.99. The third kappa shape index (κ3) is 3.33.